The van der Waals surface area contributed by atoms with Crippen LogP contribution in [0.4, 0.5) is 0 Å². The largest absolute Gasteiger partial charge is 0.388 e. The van der Waals surface area contributed by atoms with E-state index in [0.29, 0.717) is 5.92 Å². The van der Waals surface area contributed by atoms with E-state index in [1.54, 1.807) is 0 Å². The molecule has 3 rings (SSSR count). The summed E-state index contributed by atoms with van der Waals surface area (Å²) in [5.41, 5.74) is 2.62. The van der Waals surface area contributed by atoms with E-state index in [0.717, 1.165) is 5.92 Å². The molecule has 0 aromatic heterocycles. The number of benzene rings is 1. The van der Waals surface area contributed by atoms with E-state index in [-0.39, 0.29) is 6.10 Å². The van der Waals surface area contributed by atoms with Crippen LogP contribution in [0.1, 0.15) is 48.8 Å². The molecule has 1 aromatic carbocycles. The lowest BCUT2D eigenvalue weighted by atomic mass is 9.68. The monoisotopic (exact) mass is 188 g/mol. The van der Waals surface area contributed by atoms with Gasteiger partial charge >= 0.3 is 0 Å². The van der Waals surface area contributed by atoms with Gasteiger partial charge in [0.2, 0.25) is 0 Å². The zero-order valence-corrected chi connectivity index (χ0v) is 8.32. The Bertz CT molecular complexity index is 324. The fraction of sp³-hybridized carbons (Fsp3) is 0.538. The Kier molecular flexibility index (Phi) is 1.88. The topological polar surface area (TPSA) is 20.2 Å². The molecular formula is C13H16O. The second-order valence-corrected chi connectivity index (χ2v) is 4.70. The maximum absolute atomic E-state index is 10.2. The maximum atomic E-state index is 10.2. The molecule has 2 bridgehead atoms. The Morgan fingerprint density at radius 3 is 2.71 bits per heavy atom. The Balaban J connectivity index is 2.11. The number of fused-ring (bicyclic) bond motifs is 4. The number of aliphatic hydroxyl groups excluding tert-OH is 1. The summed E-state index contributed by atoms with van der Waals surface area (Å²) in [6.45, 7) is 0. The molecular weight excluding hydrogens is 172 g/mol. The predicted molar refractivity (Wildman–Crippen MR) is 56.1 cm³/mol. The van der Waals surface area contributed by atoms with Crippen LogP contribution in [0.5, 0.6) is 0 Å². The lowest BCUT2D eigenvalue weighted by Gasteiger charge is -2.39. The van der Waals surface area contributed by atoms with E-state index in [1.165, 1.54) is 36.8 Å². The van der Waals surface area contributed by atoms with Crippen molar-refractivity contribution in [2.45, 2.75) is 37.7 Å². The fourth-order valence-corrected chi connectivity index (χ4v) is 3.20. The molecule has 1 nitrogen and oxygen atoms in total. The molecule has 3 atom stereocenters. The van der Waals surface area contributed by atoms with Crippen LogP contribution >= 0.6 is 0 Å². The fourth-order valence-electron chi connectivity index (χ4n) is 3.20. The van der Waals surface area contributed by atoms with Crippen molar-refractivity contribution in [3.8, 4) is 0 Å². The lowest BCUT2D eigenvalue weighted by Crippen LogP contribution is -2.27. The number of hydrogen-bond donors (Lipinski definition) is 1. The summed E-state index contributed by atoms with van der Waals surface area (Å²) in [6.07, 6.45) is 4.84. The highest BCUT2D eigenvalue weighted by molar-refractivity contribution is 5.35. The lowest BCUT2D eigenvalue weighted by molar-refractivity contribution is 0.0649. The maximum Gasteiger partial charge on any atom is 0.0821 e. The molecule has 1 saturated carbocycles. The molecule has 0 heterocycles. The van der Waals surface area contributed by atoms with Crippen LogP contribution in [0.15, 0.2) is 24.3 Å². The summed E-state index contributed by atoms with van der Waals surface area (Å²) in [5.74, 6) is 1.26. The van der Waals surface area contributed by atoms with E-state index in [4.69, 9.17) is 0 Å². The van der Waals surface area contributed by atoms with Crippen molar-refractivity contribution >= 4 is 0 Å². The minimum Gasteiger partial charge on any atom is -0.388 e. The molecule has 1 aromatic rings. The van der Waals surface area contributed by atoms with Gasteiger partial charge in [0.15, 0.2) is 0 Å². The molecule has 0 spiro atoms. The average molecular weight is 188 g/mol. The molecule has 0 saturated heterocycles. The van der Waals surface area contributed by atoms with Gasteiger partial charge in [-0.25, -0.2) is 0 Å². The predicted octanol–water partition coefficient (Wildman–Crippen LogP) is 3.01. The number of hydrogen-bond acceptors (Lipinski definition) is 1. The van der Waals surface area contributed by atoms with Gasteiger partial charge in [-0.2, -0.15) is 0 Å². The molecule has 0 radical (unpaired) electrons. The Morgan fingerprint density at radius 2 is 1.86 bits per heavy atom. The van der Waals surface area contributed by atoms with Crippen LogP contribution < -0.4 is 0 Å². The van der Waals surface area contributed by atoms with Crippen molar-refractivity contribution in [2.24, 2.45) is 5.92 Å². The molecule has 14 heavy (non-hydrogen) atoms. The molecule has 2 aliphatic rings. The third-order valence-corrected chi connectivity index (χ3v) is 3.92. The molecule has 0 amide bonds. The van der Waals surface area contributed by atoms with Crippen molar-refractivity contribution in [2.75, 3.05) is 0 Å². The van der Waals surface area contributed by atoms with Gasteiger partial charge in [0.1, 0.15) is 0 Å². The summed E-state index contributed by atoms with van der Waals surface area (Å²) < 4.78 is 0. The first-order valence-corrected chi connectivity index (χ1v) is 5.63. The average Bonchev–Trinajstić information content (AvgIpc) is 2.27. The quantitative estimate of drug-likeness (QED) is 0.663. The van der Waals surface area contributed by atoms with Crippen molar-refractivity contribution < 1.29 is 5.11 Å². The van der Waals surface area contributed by atoms with E-state index in [9.17, 15) is 5.11 Å². The van der Waals surface area contributed by atoms with Crippen LogP contribution in [0.3, 0.4) is 0 Å². The first kappa shape index (κ1) is 8.49. The van der Waals surface area contributed by atoms with Crippen LogP contribution in [0, 0.1) is 5.92 Å². The second-order valence-electron chi connectivity index (χ2n) is 4.70. The van der Waals surface area contributed by atoms with Crippen molar-refractivity contribution in [3.05, 3.63) is 35.4 Å². The van der Waals surface area contributed by atoms with Crippen molar-refractivity contribution in [1.29, 1.82) is 0 Å². The molecule has 0 unspecified atom stereocenters. The van der Waals surface area contributed by atoms with Gasteiger partial charge in [0.25, 0.3) is 0 Å². The van der Waals surface area contributed by atoms with E-state index in [1.807, 2.05) is 6.07 Å². The summed E-state index contributed by atoms with van der Waals surface area (Å²) in [5, 5.41) is 10.2. The Hall–Kier alpha value is -0.820. The van der Waals surface area contributed by atoms with Gasteiger partial charge in [-0.05, 0) is 42.2 Å². The Morgan fingerprint density at radius 1 is 1.07 bits per heavy atom. The minimum absolute atomic E-state index is 0.192. The molecule has 1 N–H and O–H groups in total. The SMILES string of the molecule is O[C@H]1c2ccccc2[C@@H]2CCC[C@H]1C2. The normalized spacial score (nSPS) is 35.1. The van der Waals surface area contributed by atoms with Crippen molar-refractivity contribution in [3.63, 3.8) is 0 Å². The summed E-state index contributed by atoms with van der Waals surface area (Å²) in [7, 11) is 0. The van der Waals surface area contributed by atoms with Gasteiger partial charge in [-0.15, -0.1) is 0 Å². The first-order valence-electron chi connectivity index (χ1n) is 5.63. The zero-order chi connectivity index (χ0) is 9.54. The standard InChI is InChI=1S/C13H16O/c14-13-10-5-3-4-9(8-10)11-6-1-2-7-12(11)13/h1-2,6-7,9-10,13-14H,3-5,8H2/t9-,10+,13-/m1/s1. The number of rotatable bonds is 0. The van der Waals surface area contributed by atoms with Gasteiger partial charge in [-0.3, -0.25) is 0 Å². The first-order chi connectivity index (χ1) is 6.86. The smallest absolute Gasteiger partial charge is 0.0821 e. The van der Waals surface area contributed by atoms with E-state index < -0.39 is 0 Å². The third-order valence-electron chi connectivity index (χ3n) is 3.92. The summed E-state index contributed by atoms with van der Waals surface area (Å²) >= 11 is 0. The minimum atomic E-state index is -0.192. The molecule has 74 valence electrons. The summed E-state index contributed by atoms with van der Waals surface area (Å²) in [6, 6.07) is 8.44. The number of aliphatic hydroxyl groups is 1. The van der Waals surface area contributed by atoms with Crippen LogP contribution in [-0.2, 0) is 0 Å². The van der Waals surface area contributed by atoms with Crippen LogP contribution in [0.25, 0.3) is 0 Å². The van der Waals surface area contributed by atoms with Crippen molar-refractivity contribution in [1.82, 2.24) is 0 Å². The van der Waals surface area contributed by atoms with Gasteiger partial charge in [0.05, 0.1) is 6.10 Å². The highest BCUT2D eigenvalue weighted by Crippen LogP contribution is 2.48. The molecule has 2 aliphatic carbocycles. The van der Waals surface area contributed by atoms with Gasteiger partial charge < -0.3 is 5.11 Å². The summed E-state index contributed by atoms with van der Waals surface area (Å²) in [4.78, 5) is 0. The highest BCUT2D eigenvalue weighted by atomic mass is 16.3. The van der Waals surface area contributed by atoms with Gasteiger partial charge in [0, 0.05) is 0 Å². The Labute approximate surface area is 84.8 Å². The molecule has 0 aliphatic heterocycles. The van der Waals surface area contributed by atoms with E-state index >= 15 is 0 Å². The van der Waals surface area contributed by atoms with Crippen LogP contribution in [-0.4, -0.2) is 5.11 Å². The van der Waals surface area contributed by atoms with E-state index in [2.05, 4.69) is 18.2 Å². The highest BCUT2D eigenvalue weighted by Gasteiger charge is 2.35. The second kappa shape index (κ2) is 3.09. The molecule has 1 fully saturated rings. The molecule has 1 heteroatoms. The van der Waals surface area contributed by atoms with Gasteiger partial charge in [-0.1, -0.05) is 30.7 Å². The third kappa shape index (κ3) is 1.12. The van der Waals surface area contributed by atoms with Crippen LogP contribution in [0.2, 0.25) is 0 Å². The zero-order valence-electron chi connectivity index (χ0n) is 8.32.